The van der Waals surface area contributed by atoms with E-state index in [0.717, 1.165) is 0 Å². The van der Waals surface area contributed by atoms with Crippen molar-refractivity contribution in [1.82, 2.24) is 10.2 Å². The summed E-state index contributed by atoms with van der Waals surface area (Å²) in [6, 6.07) is 0. The number of nitro groups is 1. The van der Waals surface area contributed by atoms with Crippen LogP contribution in [-0.2, 0) is 0 Å². The lowest BCUT2D eigenvalue weighted by Gasteiger charge is -2.23. The van der Waals surface area contributed by atoms with Crippen LogP contribution in [0, 0.1) is 10.1 Å². The predicted molar refractivity (Wildman–Crippen MR) is 35.4 cm³/mol. The van der Waals surface area contributed by atoms with Crippen molar-refractivity contribution in [2.45, 2.75) is 12.7 Å². The Morgan fingerprint density at radius 1 is 1.80 bits per heavy atom. The first-order chi connectivity index (χ1) is 4.57. The van der Waals surface area contributed by atoms with Gasteiger partial charge in [-0.3, -0.25) is 15.0 Å². The summed E-state index contributed by atoms with van der Waals surface area (Å²) in [6.45, 7) is 1.51. The van der Waals surface area contributed by atoms with Gasteiger partial charge < -0.3 is 5.32 Å². The lowest BCUT2D eigenvalue weighted by Crippen LogP contribution is -2.53. The van der Waals surface area contributed by atoms with Gasteiger partial charge in [0.2, 0.25) is 0 Å². The Bertz CT molecular complexity index is 191. The second kappa shape index (κ2) is 1.86. The first-order valence-electron chi connectivity index (χ1n) is 2.89. The number of hydrogen-bond donors (Lipinski definition) is 1. The molecule has 5 nitrogen and oxygen atoms in total. The summed E-state index contributed by atoms with van der Waals surface area (Å²) in [7, 11) is 1.65. The van der Waals surface area contributed by atoms with Crippen molar-refractivity contribution in [2.24, 2.45) is 0 Å². The molecule has 0 fully saturated rings. The van der Waals surface area contributed by atoms with Crippen LogP contribution in [0.4, 0.5) is 0 Å². The van der Waals surface area contributed by atoms with Crippen LogP contribution in [0.2, 0.25) is 0 Å². The third-order valence-electron chi connectivity index (χ3n) is 1.70. The second-order valence-electron chi connectivity index (χ2n) is 2.35. The maximum atomic E-state index is 10.4. The molecule has 1 aliphatic heterocycles. The molecule has 0 aromatic rings. The Kier molecular flexibility index (Phi) is 1.28. The van der Waals surface area contributed by atoms with Gasteiger partial charge in [-0.1, -0.05) is 0 Å². The first-order valence-corrected chi connectivity index (χ1v) is 2.89. The van der Waals surface area contributed by atoms with Crippen molar-refractivity contribution in [2.75, 3.05) is 7.05 Å². The number of nitrogens with one attached hydrogen (secondary N) is 1. The summed E-state index contributed by atoms with van der Waals surface area (Å²) < 4.78 is 0. The molecule has 0 amide bonds. The lowest BCUT2D eigenvalue weighted by molar-refractivity contribution is -0.595. The molecule has 0 aromatic heterocycles. The average Bonchev–Trinajstić information content (AvgIpc) is 2.15. The fourth-order valence-electron chi connectivity index (χ4n) is 0.735. The zero-order valence-corrected chi connectivity index (χ0v) is 5.87. The minimum absolute atomic E-state index is 0.368. The second-order valence-corrected chi connectivity index (χ2v) is 2.35. The van der Waals surface area contributed by atoms with Crippen LogP contribution in [0.15, 0.2) is 12.4 Å². The van der Waals surface area contributed by atoms with Crippen LogP contribution in [0.1, 0.15) is 6.92 Å². The Morgan fingerprint density at radius 3 is 2.60 bits per heavy atom. The summed E-state index contributed by atoms with van der Waals surface area (Å²) >= 11 is 0. The van der Waals surface area contributed by atoms with E-state index < -0.39 is 5.79 Å². The molecule has 0 saturated carbocycles. The summed E-state index contributed by atoms with van der Waals surface area (Å²) in [6.07, 6.45) is 3.19. The van der Waals surface area contributed by atoms with Gasteiger partial charge in [0, 0.05) is 26.4 Å². The molecule has 56 valence electrons. The van der Waals surface area contributed by atoms with Gasteiger partial charge in [-0.25, -0.2) is 0 Å². The molecule has 0 saturated heterocycles. The van der Waals surface area contributed by atoms with Gasteiger partial charge in [0.05, 0.1) is 4.92 Å². The van der Waals surface area contributed by atoms with E-state index in [9.17, 15) is 10.1 Å². The van der Waals surface area contributed by atoms with Gasteiger partial charge in [-0.05, 0) is 0 Å². The summed E-state index contributed by atoms with van der Waals surface area (Å²) in [4.78, 5) is 11.5. The van der Waals surface area contributed by atoms with Crippen molar-refractivity contribution in [3.05, 3.63) is 22.5 Å². The molecule has 1 rings (SSSR count). The molecule has 5 heteroatoms. The number of rotatable bonds is 1. The zero-order chi connectivity index (χ0) is 7.78. The monoisotopic (exact) mass is 143 g/mol. The number of nitrogens with zero attached hydrogens (tertiary/aromatic N) is 2. The normalized spacial score (nSPS) is 30.4. The van der Waals surface area contributed by atoms with Crippen molar-refractivity contribution in [3.8, 4) is 0 Å². The standard InChI is InChI=1S/C5H9N3O2/c1-5(8(9)10)6-3-4-7(5)2/h3-4,6H,1-2H3. The highest BCUT2D eigenvalue weighted by Gasteiger charge is 2.42. The molecule has 1 atom stereocenters. The van der Waals surface area contributed by atoms with E-state index in [1.807, 2.05) is 0 Å². The van der Waals surface area contributed by atoms with Crippen LogP contribution in [0.3, 0.4) is 0 Å². The predicted octanol–water partition coefficient (Wildman–Crippen LogP) is -0.0570. The minimum Gasteiger partial charge on any atom is -0.308 e. The fraction of sp³-hybridized carbons (Fsp3) is 0.600. The largest absolute Gasteiger partial charge is 0.371 e. The highest BCUT2D eigenvalue weighted by molar-refractivity contribution is 4.94. The molecule has 0 spiro atoms. The van der Waals surface area contributed by atoms with Crippen LogP contribution in [0.5, 0.6) is 0 Å². The van der Waals surface area contributed by atoms with E-state index in [0.29, 0.717) is 0 Å². The Hall–Kier alpha value is -1.26. The van der Waals surface area contributed by atoms with Gasteiger partial charge >= 0.3 is 5.79 Å². The summed E-state index contributed by atoms with van der Waals surface area (Å²) in [5, 5.41) is 13.0. The highest BCUT2D eigenvalue weighted by Crippen LogP contribution is 2.14. The van der Waals surface area contributed by atoms with Gasteiger partial charge in [0.15, 0.2) is 0 Å². The summed E-state index contributed by atoms with van der Waals surface area (Å²) in [5.74, 6) is -1.15. The molecule has 1 N–H and O–H groups in total. The fourth-order valence-corrected chi connectivity index (χ4v) is 0.735. The molecule has 0 bridgehead atoms. The molecule has 1 heterocycles. The number of hydrogen-bond acceptors (Lipinski definition) is 4. The van der Waals surface area contributed by atoms with Crippen molar-refractivity contribution in [1.29, 1.82) is 0 Å². The van der Waals surface area contributed by atoms with E-state index in [1.165, 1.54) is 11.8 Å². The SMILES string of the molecule is CN1C=CNC1(C)[N+](=O)[O-]. The Balaban J connectivity index is 2.80. The summed E-state index contributed by atoms with van der Waals surface area (Å²) in [5.41, 5.74) is 0. The molecular formula is C5H9N3O2. The molecular weight excluding hydrogens is 134 g/mol. The Labute approximate surface area is 58.5 Å². The third-order valence-corrected chi connectivity index (χ3v) is 1.70. The van der Waals surface area contributed by atoms with Crippen LogP contribution >= 0.6 is 0 Å². The van der Waals surface area contributed by atoms with Crippen molar-refractivity contribution < 1.29 is 4.92 Å². The average molecular weight is 143 g/mol. The maximum Gasteiger partial charge on any atom is 0.371 e. The van der Waals surface area contributed by atoms with Crippen LogP contribution < -0.4 is 5.32 Å². The van der Waals surface area contributed by atoms with Gasteiger partial charge in [0.25, 0.3) is 0 Å². The molecule has 1 aliphatic rings. The highest BCUT2D eigenvalue weighted by atomic mass is 16.6. The van der Waals surface area contributed by atoms with Crippen LogP contribution in [0.25, 0.3) is 0 Å². The van der Waals surface area contributed by atoms with Crippen molar-refractivity contribution in [3.63, 3.8) is 0 Å². The third kappa shape index (κ3) is 0.706. The van der Waals surface area contributed by atoms with E-state index >= 15 is 0 Å². The van der Waals surface area contributed by atoms with Crippen LogP contribution in [-0.4, -0.2) is 22.7 Å². The quantitative estimate of drug-likeness (QED) is 0.412. The van der Waals surface area contributed by atoms with E-state index in [2.05, 4.69) is 5.32 Å². The molecule has 0 aliphatic carbocycles. The van der Waals surface area contributed by atoms with E-state index in [4.69, 9.17) is 0 Å². The zero-order valence-electron chi connectivity index (χ0n) is 5.87. The first kappa shape index (κ1) is 6.85. The molecule has 0 aromatic carbocycles. The van der Waals surface area contributed by atoms with Gasteiger partial charge in [-0.15, -0.1) is 0 Å². The van der Waals surface area contributed by atoms with E-state index in [-0.39, 0.29) is 4.92 Å². The van der Waals surface area contributed by atoms with E-state index in [1.54, 1.807) is 19.4 Å². The molecule has 10 heavy (non-hydrogen) atoms. The lowest BCUT2D eigenvalue weighted by atomic mass is 10.4. The smallest absolute Gasteiger partial charge is 0.308 e. The topological polar surface area (TPSA) is 58.4 Å². The minimum atomic E-state index is -1.15. The maximum absolute atomic E-state index is 10.4. The molecule has 1 unspecified atom stereocenters. The van der Waals surface area contributed by atoms with Gasteiger partial charge in [0.1, 0.15) is 0 Å². The molecule has 0 radical (unpaired) electrons. The Morgan fingerprint density at radius 2 is 2.40 bits per heavy atom. The van der Waals surface area contributed by atoms with Crippen molar-refractivity contribution >= 4 is 0 Å². The van der Waals surface area contributed by atoms with Gasteiger partial charge in [-0.2, -0.15) is 0 Å².